The Labute approximate surface area is 140 Å². The van der Waals surface area contributed by atoms with Crippen LogP contribution in [0.25, 0.3) is 0 Å². The second-order valence-electron chi connectivity index (χ2n) is 4.44. The van der Waals surface area contributed by atoms with Gasteiger partial charge in [0, 0.05) is 4.43 Å². The number of alkyl halides is 1. The minimum Gasteiger partial charge on any atom is -0.107 e. The zero-order chi connectivity index (χ0) is 12.3. The van der Waals surface area contributed by atoms with Gasteiger partial charge in [-0.25, -0.2) is 0 Å². The summed E-state index contributed by atoms with van der Waals surface area (Å²) in [6.07, 6.45) is 1.04. The van der Waals surface area contributed by atoms with E-state index in [9.17, 15) is 0 Å². The molecule has 0 fully saturated rings. The summed E-state index contributed by atoms with van der Waals surface area (Å²) in [5.74, 6) is 0. The maximum Gasteiger partial charge on any atom is 0.0249 e. The molecule has 0 aliphatic heterocycles. The first kappa shape index (κ1) is 16.0. The van der Waals surface area contributed by atoms with Crippen LogP contribution in [0.5, 0.6) is 0 Å². The van der Waals surface area contributed by atoms with E-state index in [0.717, 1.165) is 10.8 Å². The third kappa shape index (κ3) is 3.70. The van der Waals surface area contributed by atoms with E-state index in [-0.39, 0.29) is 24.0 Å². The first-order chi connectivity index (χ1) is 8.22. The molecule has 0 radical (unpaired) electrons. The van der Waals surface area contributed by atoms with Crippen LogP contribution >= 0.6 is 46.6 Å². The summed E-state index contributed by atoms with van der Waals surface area (Å²) in [5, 5.41) is 0. The number of rotatable bonds is 3. The third-order valence-corrected chi connectivity index (χ3v) is 4.17. The largest absolute Gasteiger partial charge is 0.107 e. The summed E-state index contributed by atoms with van der Waals surface area (Å²) in [5.41, 5.74) is 7.17. The third-order valence-electron chi connectivity index (χ3n) is 3.34. The molecule has 2 aromatic carbocycles. The number of aryl methyl sites for hydroxylation is 1. The van der Waals surface area contributed by atoms with Gasteiger partial charge in [0.25, 0.3) is 0 Å². The Hall–Kier alpha value is -0.1000. The molecule has 0 saturated carbocycles. The smallest absolute Gasteiger partial charge is 0.0249 e. The van der Waals surface area contributed by atoms with E-state index in [2.05, 4.69) is 78.9 Å². The van der Waals surface area contributed by atoms with Gasteiger partial charge >= 0.3 is 0 Å². The van der Waals surface area contributed by atoms with Crippen LogP contribution in [0.4, 0.5) is 0 Å². The molecule has 0 bridgehead atoms. The van der Waals surface area contributed by atoms with Crippen molar-refractivity contribution in [2.75, 3.05) is 0 Å². The molecule has 2 rings (SSSR count). The Kier molecular flexibility index (Phi) is 6.63. The van der Waals surface area contributed by atoms with Crippen molar-refractivity contribution in [3.63, 3.8) is 0 Å². The maximum absolute atomic E-state index is 2.43. The average molecular weight is 464 g/mol. The molecule has 0 amide bonds. The molecule has 0 aliphatic carbocycles. The predicted octanol–water partition coefficient (Wildman–Crippen LogP) is 5.45. The minimum absolute atomic E-state index is 0. The van der Waals surface area contributed by atoms with Crippen molar-refractivity contribution in [2.24, 2.45) is 0 Å². The topological polar surface area (TPSA) is 0 Å². The fraction of sp³-hybridized carbons (Fsp3) is 0.250. The summed E-state index contributed by atoms with van der Waals surface area (Å²) in [6.45, 7) is 4.43. The first-order valence-electron chi connectivity index (χ1n) is 5.90. The molecule has 0 aromatic heterocycles. The van der Waals surface area contributed by atoms with Crippen molar-refractivity contribution in [1.29, 1.82) is 0 Å². The van der Waals surface area contributed by atoms with E-state index < -0.39 is 0 Å². The Morgan fingerprint density at radius 1 is 0.833 bits per heavy atom. The summed E-state index contributed by atoms with van der Waals surface area (Å²) < 4.78 is 1.09. The van der Waals surface area contributed by atoms with Gasteiger partial charge < -0.3 is 0 Å². The number of hydrogen-bond donors (Lipinski definition) is 0. The molecule has 0 saturated heterocycles. The van der Waals surface area contributed by atoms with E-state index in [1.54, 1.807) is 0 Å². The minimum atomic E-state index is 0. The van der Waals surface area contributed by atoms with Gasteiger partial charge in [-0.05, 0) is 48.1 Å². The molecule has 0 atom stereocenters. The van der Waals surface area contributed by atoms with Gasteiger partial charge in [-0.2, -0.15) is 0 Å². The highest BCUT2D eigenvalue weighted by molar-refractivity contribution is 14.1. The van der Waals surface area contributed by atoms with Crippen LogP contribution in [0.1, 0.15) is 27.8 Å². The van der Waals surface area contributed by atoms with Crippen LogP contribution in [0, 0.1) is 13.8 Å². The standard InChI is InChI=1S/C16H17I.HI/c1-12-6-3-4-7-14(12)10-15-8-5-9-16(11-17)13(15)2;/h3-9H,10-11H2,1-2H3;1H. The zero-order valence-electron chi connectivity index (χ0n) is 10.7. The van der Waals surface area contributed by atoms with E-state index in [4.69, 9.17) is 0 Å². The Bertz CT molecular complexity index is 518. The highest BCUT2D eigenvalue weighted by atomic mass is 127. The molecular formula is C16H18I2. The van der Waals surface area contributed by atoms with Gasteiger partial charge in [-0.3, -0.25) is 0 Å². The van der Waals surface area contributed by atoms with Crippen molar-refractivity contribution < 1.29 is 0 Å². The van der Waals surface area contributed by atoms with Gasteiger partial charge in [0.1, 0.15) is 0 Å². The van der Waals surface area contributed by atoms with Crippen molar-refractivity contribution in [3.05, 3.63) is 70.3 Å². The van der Waals surface area contributed by atoms with Crippen molar-refractivity contribution in [2.45, 2.75) is 24.7 Å². The molecule has 2 aromatic rings. The monoisotopic (exact) mass is 464 g/mol. The SMILES string of the molecule is Cc1ccccc1Cc1cccc(CI)c1C.I. The quantitative estimate of drug-likeness (QED) is 0.419. The van der Waals surface area contributed by atoms with Crippen LogP contribution < -0.4 is 0 Å². The molecule has 96 valence electrons. The molecule has 2 heteroatoms. The van der Waals surface area contributed by atoms with Crippen LogP contribution in [0.15, 0.2) is 42.5 Å². The summed E-state index contributed by atoms with van der Waals surface area (Å²) in [6, 6.07) is 15.3. The van der Waals surface area contributed by atoms with E-state index in [1.165, 1.54) is 27.8 Å². The number of hydrogen-bond acceptors (Lipinski definition) is 0. The normalized spacial score (nSPS) is 9.94. The van der Waals surface area contributed by atoms with Crippen molar-refractivity contribution >= 4 is 46.6 Å². The molecule has 0 unspecified atom stereocenters. The average Bonchev–Trinajstić information content (AvgIpc) is 2.34. The number of halogens is 2. The second kappa shape index (κ2) is 7.48. The maximum atomic E-state index is 2.43. The van der Waals surface area contributed by atoms with Crippen LogP contribution in [-0.2, 0) is 10.8 Å². The van der Waals surface area contributed by atoms with Gasteiger partial charge in [0.05, 0.1) is 0 Å². The lowest BCUT2D eigenvalue weighted by Gasteiger charge is -2.11. The highest BCUT2D eigenvalue weighted by Gasteiger charge is 2.05. The van der Waals surface area contributed by atoms with Crippen LogP contribution in [0.3, 0.4) is 0 Å². The predicted molar refractivity (Wildman–Crippen MR) is 98.3 cm³/mol. The van der Waals surface area contributed by atoms with Gasteiger partial charge in [0.15, 0.2) is 0 Å². The molecule has 0 N–H and O–H groups in total. The van der Waals surface area contributed by atoms with Gasteiger partial charge in [0.2, 0.25) is 0 Å². The number of benzene rings is 2. The second-order valence-corrected chi connectivity index (χ2v) is 5.20. The van der Waals surface area contributed by atoms with Crippen LogP contribution in [-0.4, -0.2) is 0 Å². The molecule has 0 aliphatic rings. The Morgan fingerprint density at radius 3 is 2.11 bits per heavy atom. The zero-order valence-corrected chi connectivity index (χ0v) is 15.2. The summed E-state index contributed by atoms with van der Waals surface area (Å²) in [7, 11) is 0. The lowest BCUT2D eigenvalue weighted by atomic mass is 9.95. The fourth-order valence-electron chi connectivity index (χ4n) is 2.09. The fourth-order valence-corrected chi connectivity index (χ4v) is 2.91. The lowest BCUT2D eigenvalue weighted by molar-refractivity contribution is 1.11. The van der Waals surface area contributed by atoms with Gasteiger partial charge in [-0.15, -0.1) is 24.0 Å². The lowest BCUT2D eigenvalue weighted by Crippen LogP contribution is -1.96. The first-order valence-corrected chi connectivity index (χ1v) is 7.42. The van der Waals surface area contributed by atoms with Crippen molar-refractivity contribution in [1.82, 2.24) is 0 Å². The van der Waals surface area contributed by atoms with Gasteiger partial charge in [-0.1, -0.05) is 65.1 Å². The van der Waals surface area contributed by atoms with E-state index in [0.29, 0.717) is 0 Å². The molecule has 18 heavy (non-hydrogen) atoms. The molecular weight excluding hydrogens is 446 g/mol. The van der Waals surface area contributed by atoms with Crippen LogP contribution in [0.2, 0.25) is 0 Å². The Morgan fingerprint density at radius 2 is 1.44 bits per heavy atom. The van der Waals surface area contributed by atoms with Crippen molar-refractivity contribution in [3.8, 4) is 0 Å². The molecule has 0 nitrogen and oxygen atoms in total. The van der Waals surface area contributed by atoms with E-state index in [1.807, 2.05) is 0 Å². The Balaban J connectivity index is 0.00000162. The summed E-state index contributed by atoms with van der Waals surface area (Å²) in [4.78, 5) is 0. The summed E-state index contributed by atoms with van der Waals surface area (Å²) >= 11 is 2.43. The van der Waals surface area contributed by atoms with E-state index >= 15 is 0 Å². The molecule has 0 heterocycles. The molecule has 0 spiro atoms. The highest BCUT2D eigenvalue weighted by Crippen LogP contribution is 2.21.